The number of nitrogens with zero attached hydrogens (tertiary/aromatic N) is 1. The predicted molar refractivity (Wildman–Crippen MR) is 91.8 cm³/mol. The molecule has 2 aliphatic rings. The summed E-state index contributed by atoms with van der Waals surface area (Å²) in [6.07, 6.45) is 4.98. The van der Waals surface area contributed by atoms with E-state index in [9.17, 15) is 4.79 Å². The van der Waals surface area contributed by atoms with Crippen LogP contribution in [0.1, 0.15) is 47.5 Å². The Kier molecular flexibility index (Phi) is 5.68. The fraction of sp³-hybridized carbons (Fsp3) is 0.632. The van der Waals surface area contributed by atoms with E-state index in [1.807, 2.05) is 17.0 Å². The summed E-state index contributed by atoms with van der Waals surface area (Å²) in [4.78, 5) is 14.7. The first-order valence-electron chi connectivity index (χ1n) is 8.87. The van der Waals surface area contributed by atoms with Gasteiger partial charge in [-0.2, -0.15) is 0 Å². The number of ether oxygens (including phenoxy) is 1. The van der Waals surface area contributed by atoms with E-state index in [0.29, 0.717) is 25.0 Å². The van der Waals surface area contributed by atoms with Crippen molar-refractivity contribution in [2.45, 2.75) is 31.6 Å². The van der Waals surface area contributed by atoms with Crippen LogP contribution in [0.25, 0.3) is 0 Å². The number of amides is 1. The molecule has 1 heterocycles. The van der Waals surface area contributed by atoms with Gasteiger partial charge in [0.1, 0.15) is 0 Å². The minimum Gasteiger partial charge on any atom is -0.383 e. The average molecular weight is 316 g/mol. The lowest BCUT2D eigenvalue weighted by atomic mass is 9.91. The molecule has 1 amide bonds. The van der Waals surface area contributed by atoms with E-state index in [4.69, 9.17) is 4.74 Å². The highest BCUT2D eigenvalue weighted by Crippen LogP contribution is 2.30. The molecule has 0 bridgehead atoms. The maximum Gasteiger partial charge on any atom is 0.253 e. The Morgan fingerprint density at radius 1 is 1.26 bits per heavy atom. The lowest BCUT2D eigenvalue weighted by Gasteiger charge is -2.24. The fourth-order valence-electron chi connectivity index (χ4n) is 3.31. The van der Waals surface area contributed by atoms with E-state index < -0.39 is 0 Å². The highest BCUT2D eigenvalue weighted by atomic mass is 16.5. The Labute approximate surface area is 139 Å². The molecule has 0 aromatic heterocycles. The van der Waals surface area contributed by atoms with Crippen LogP contribution < -0.4 is 5.32 Å². The minimum absolute atomic E-state index is 0.141. The van der Waals surface area contributed by atoms with E-state index >= 15 is 0 Å². The first-order valence-corrected chi connectivity index (χ1v) is 8.87. The Balaban J connectivity index is 1.64. The molecule has 0 radical (unpaired) electrons. The standard InChI is InChI=1S/C19H28N2O2/c1-23-12-11-21(14-15-4-5-15)19(22)17-8-6-16(7-9-17)18-3-2-10-20-13-18/h6-9,15,18,20H,2-5,10-14H2,1H3. The van der Waals surface area contributed by atoms with Crippen molar-refractivity contribution in [3.8, 4) is 0 Å². The maximum absolute atomic E-state index is 12.8. The van der Waals surface area contributed by atoms with Gasteiger partial charge >= 0.3 is 0 Å². The molecule has 23 heavy (non-hydrogen) atoms. The van der Waals surface area contributed by atoms with E-state index in [2.05, 4.69) is 17.4 Å². The molecule has 1 saturated heterocycles. The highest BCUT2D eigenvalue weighted by molar-refractivity contribution is 5.94. The van der Waals surface area contributed by atoms with Crippen molar-refractivity contribution in [3.05, 3.63) is 35.4 Å². The molecule has 1 aliphatic carbocycles. The van der Waals surface area contributed by atoms with Crippen LogP contribution in [0.15, 0.2) is 24.3 Å². The highest BCUT2D eigenvalue weighted by Gasteiger charge is 2.27. The van der Waals surface area contributed by atoms with Gasteiger partial charge in [-0.25, -0.2) is 0 Å². The molecule has 4 nitrogen and oxygen atoms in total. The number of rotatable bonds is 7. The molecular weight excluding hydrogens is 288 g/mol. The number of hydrogen-bond donors (Lipinski definition) is 1. The number of carbonyl (C=O) groups is 1. The van der Waals surface area contributed by atoms with Crippen LogP contribution >= 0.6 is 0 Å². The molecule has 1 N–H and O–H groups in total. The lowest BCUT2D eigenvalue weighted by molar-refractivity contribution is 0.0686. The predicted octanol–water partition coefficient (Wildman–Crippen LogP) is 2.65. The summed E-state index contributed by atoms with van der Waals surface area (Å²) in [5.41, 5.74) is 2.15. The van der Waals surface area contributed by atoms with Crippen molar-refractivity contribution < 1.29 is 9.53 Å². The zero-order chi connectivity index (χ0) is 16.1. The van der Waals surface area contributed by atoms with Crippen LogP contribution in [-0.4, -0.2) is 50.7 Å². The van der Waals surface area contributed by atoms with Gasteiger partial charge in [-0.3, -0.25) is 4.79 Å². The van der Waals surface area contributed by atoms with Crippen molar-refractivity contribution in [2.75, 3.05) is 39.9 Å². The van der Waals surface area contributed by atoms with Crippen molar-refractivity contribution in [1.82, 2.24) is 10.2 Å². The van der Waals surface area contributed by atoms with Crippen molar-refractivity contribution >= 4 is 5.91 Å². The molecule has 1 aromatic carbocycles. The summed E-state index contributed by atoms with van der Waals surface area (Å²) < 4.78 is 5.16. The summed E-state index contributed by atoms with van der Waals surface area (Å²) in [5, 5.41) is 3.45. The van der Waals surface area contributed by atoms with Crippen LogP contribution in [0.3, 0.4) is 0 Å². The first kappa shape index (κ1) is 16.5. The fourth-order valence-corrected chi connectivity index (χ4v) is 3.31. The summed E-state index contributed by atoms with van der Waals surface area (Å²) in [6.45, 7) is 4.33. The van der Waals surface area contributed by atoms with Gasteiger partial charge in [0.05, 0.1) is 6.61 Å². The monoisotopic (exact) mass is 316 g/mol. The summed E-state index contributed by atoms with van der Waals surface area (Å²) in [7, 11) is 1.69. The van der Waals surface area contributed by atoms with Crippen molar-refractivity contribution in [3.63, 3.8) is 0 Å². The van der Waals surface area contributed by atoms with E-state index in [0.717, 1.165) is 25.2 Å². The van der Waals surface area contributed by atoms with Gasteiger partial charge < -0.3 is 15.0 Å². The van der Waals surface area contributed by atoms with E-state index in [-0.39, 0.29) is 5.91 Å². The number of piperidine rings is 1. The second kappa shape index (κ2) is 7.93. The van der Waals surface area contributed by atoms with Crippen LogP contribution in [0.4, 0.5) is 0 Å². The molecule has 2 fully saturated rings. The first-order chi connectivity index (χ1) is 11.3. The SMILES string of the molecule is COCCN(CC1CC1)C(=O)c1ccc(C2CCCNC2)cc1. The maximum atomic E-state index is 12.8. The van der Waals surface area contributed by atoms with Crippen molar-refractivity contribution in [2.24, 2.45) is 5.92 Å². The molecule has 1 saturated carbocycles. The Morgan fingerprint density at radius 2 is 2.04 bits per heavy atom. The Hall–Kier alpha value is -1.39. The van der Waals surface area contributed by atoms with E-state index in [1.165, 1.54) is 31.2 Å². The van der Waals surface area contributed by atoms with Crippen molar-refractivity contribution in [1.29, 1.82) is 0 Å². The number of nitrogens with one attached hydrogen (secondary N) is 1. The molecular formula is C19H28N2O2. The second-order valence-corrected chi connectivity index (χ2v) is 6.85. The van der Waals surface area contributed by atoms with Gasteiger partial charge in [0.15, 0.2) is 0 Å². The molecule has 3 rings (SSSR count). The molecule has 126 valence electrons. The molecule has 0 spiro atoms. The number of methoxy groups -OCH3 is 1. The zero-order valence-corrected chi connectivity index (χ0v) is 14.1. The zero-order valence-electron chi connectivity index (χ0n) is 14.1. The summed E-state index contributed by atoms with van der Waals surface area (Å²) >= 11 is 0. The molecule has 1 atom stereocenters. The normalized spacial score (nSPS) is 21.2. The van der Waals surface area contributed by atoms with E-state index in [1.54, 1.807) is 7.11 Å². The van der Waals surface area contributed by atoms with Gasteiger partial charge in [-0.15, -0.1) is 0 Å². The third kappa shape index (κ3) is 4.55. The second-order valence-electron chi connectivity index (χ2n) is 6.85. The van der Waals surface area contributed by atoms with Crippen LogP contribution in [-0.2, 0) is 4.74 Å². The number of benzene rings is 1. The molecule has 1 unspecified atom stereocenters. The van der Waals surface area contributed by atoms with Gasteiger partial charge in [-0.05, 0) is 61.8 Å². The molecule has 4 heteroatoms. The quantitative estimate of drug-likeness (QED) is 0.841. The minimum atomic E-state index is 0.141. The summed E-state index contributed by atoms with van der Waals surface area (Å²) in [6, 6.07) is 8.27. The third-order valence-electron chi connectivity index (χ3n) is 4.95. The van der Waals surface area contributed by atoms with Crippen LogP contribution in [0, 0.1) is 5.92 Å². The topological polar surface area (TPSA) is 41.6 Å². The van der Waals surface area contributed by atoms with Gasteiger partial charge in [-0.1, -0.05) is 12.1 Å². The molecule has 1 aromatic rings. The van der Waals surface area contributed by atoms with Gasteiger partial charge in [0.25, 0.3) is 5.91 Å². The average Bonchev–Trinajstić information content (AvgIpc) is 3.43. The number of hydrogen-bond acceptors (Lipinski definition) is 3. The molecule has 1 aliphatic heterocycles. The largest absolute Gasteiger partial charge is 0.383 e. The smallest absolute Gasteiger partial charge is 0.253 e. The third-order valence-corrected chi connectivity index (χ3v) is 4.95. The van der Waals surface area contributed by atoms with Gasteiger partial charge in [0.2, 0.25) is 0 Å². The Bertz CT molecular complexity index is 505. The van der Waals surface area contributed by atoms with Crippen LogP contribution in [0.5, 0.6) is 0 Å². The lowest BCUT2D eigenvalue weighted by Crippen LogP contribution is -2.35. The number of carbonyl (C=O) groups excluding carboxylic acids is 1. The van der Waals surface area contributed by atoms with Gasteiger partial charge in [0, 0.05) is 32.3 Å². The Morgan fingerprint density at radius 3 is 2.65 bits per heavy atom. The van der Waals surface area contributed by atoms with Crippen LogP contribution in [0.2, 0.25) is 0 Å². The summed E-state index contributed by atoms with van der Waals surface area (Å²) in [5.74, 6) is 1.43.